The fourth-order valence-corrected chi connectivity index (χ4v) is 0.946. The van der Waals surface area contributed by atoms with Gasteiger partial charge in [0.25, 0.3) is 5.91 Å². The third-order valence-electron chi connectivity index (χ3n) is 1.55. The van der Waals surface area contributed by atoms with Crippen molar-refractivity contribution in [3.05, 3.63) is 35.9 Å². The third-order valence-corrected chi connectivity index (χ3v) is 1.55. The molecule has 0 saturated heterocycles. The van der Waals surface area contributed by atoms with Gasteiger partial charge in [-0.15, -0.1) is 0 Å². The van der Waals surface area contributed by atoms with Gasteiger partial charge in [-0.25, -0.2) is 4.79 Å². The van der Waals surface area contributed by atoms with Crippen LogP contribution in [-0.4, -0.2) is 17.6 Å². The van der Waals surface area contributed by atoms with Crippen molar-refractivity contribution in [2.24, 2.45) is 10.9 Å². The van der Waals surface area contributed by atoms with Crippen LogP contribution >= 0.6 is 0 Å². The highest BCUT2D eigenvalue weighted by Gasteiger charge is 2.11. The molecule has 0 spiro atoms. The first kappa shape index (κ1) is 10.9. The highest BCUT2D eigenvalue weighted by Crippen LogP contribution is 2.01. The summed E-state index contributed by atoms with van der Waals surface area (Å²) in [5, 5.41) is 3.39. The van der Waals surface area contributed by atoms with Gasteiger partial charge < -0.3 is 10.6 Å². The standard InChI is InChI=1S/C10H10N2O3/c1-7(13)15-12-9(10(11)14)8-5-3-2-4-6-8/h2-6H,1H3,(H2,11,14)/b12-9+. The zero-order valence-electron chi connectivity index (χ0n) is 8.14. The summed E-state index contributed by atoms with van der Waals surface area (Å²) in [5.74, 6) is -1.35. The monoisotopic (exact) mass is 206 g/mol. The lowest BCUT2D eigenvalue weighted by atomic mass is 10.1. The summed E-state index contributed by atoms with van der Waals surface area (Å²) in [6, 6.07) is 8.53. The Bertz CT molecular complexity index is 398. The van der Waals surface area contributed by atoms with E-state index in [9.17, 15) is 9.59 Å². The largest absolute Gasteiger partial charge is 0.364 e. The summed E-state index contributed by atoms with van der Waals surface area (Å²) in [6.45, 7) is 1.19. The second kappa shape index (κ2) is 4.90. The summed E-state index contributed by atoms with van der Waals surface area (Å²) < 4.78 is 0. The summed E-state index contributed by atoms with van der Waals surface area (Å²) in [7, 11) is 0. The van der Waals surface area contributed by atoms with Crippen molar-refractivity contribution >= 4 is 17.6 Å². The number of hydrogen-bond acceptors (Lipinski definition) is 4. The Hall–Kier alpha value is -2.17. The van der Waals surface area contributed by atoms with E-state index in [0.29, 0.717) is 5.56 Å². The van der Waals surface area contributed by atoms with Crippen LogP contribution in [0.3, 0.4) is 0 Å². The minimum atomic E-state index is -0.748. The predicted octanol–water partition coefficient (Wildman–Crippen LogP) is 0.439. The maximum Gasteiger partial charge on any atom is 0.332 e. The van der Waals surface area contributed by atoms with E-state index in [1.807, 2.05) is 0 Å². The highest BCUT2D eigenvalue weighted by atomic mass is 16.7. The normalized spacial score (nSPS) is 10.9. The number of nitrogens with two attached hydrogens (primary N) is 1. The summed E-state index contributed by atoms with van der Waals surface area (Å²) in [4.78, 5) is 25.9. The SMILES string of the molecule is CC(=O)O/N=C(/C(N)=O)c1ccccc1. The van der Waals surface area contributed by atoms with Crippen LogP contribution in [0.5, 0.6) is 0 Å². The first-order chi connectivity index (χ1) is 7.11. The van der Waals surface area contributed by atoms with Gasteiger partial charge in [0.05, 0.1) is 0 Å². The molecule has 78 valence electrons. The van der Waals surface area contributed by atoms with Crippen LogP contribution in [0.15, 0.2) is 35.5 Å². The maximum atomic E-state index is 11.0. The second-order valence-corrected chi connectivity index (χ2v) is 2.75. The summed E-state index contributed by atoms with van der Waals surface area (Å²) in [6.07, 6.45) is 0. The van der Waals surface area contributed by atoms with Gasteiger partial charge in [-0.05, 0) is 0 Å². The van der Waals surface area contributed by atoms with Crippen LogP contribution in [0.4, 0.5) is 0 Å². The van der Waals surface area contributed by atoms with Crippen molar-refractivity contribution in [3.63, 3.8) is 0 Å². The van der Waals surface area contributed by atoms with E-state index < -0.39 is 11.9 Å². The molecule has 0 radical (unpaired) electrons. The van der Waals surface area contributed by atoms with Crippen molar-refractivity contribution in [1.82, 2.24) is 0 Å². The molecule has 1 rings (SSSR count). The van der Waals surface area contributed by atoms with Crippen LogP contribution in [0.1, 0.15) is 12.5 Å². The Balaban J connectivity index is 2.99. The van der Waals surface area contributed by atoms with E-state index in [4.69, 9.17) is 5.73 Å². The first-order valence-electron chi connectivity index (χ1n) is 4.22. The highest BCUT2D eigenvalue weighted by molar-refractivity contribution is 6.44. The number of carbonyl (C=O) groups is 2. The van der Waals surface area contributed by atoms with Crippen molar-refractivity contribution in [1.29, 1.82) is 0 Å². The van der Waals surface area contributed by atoms with Gasteiger partial charge in [0.2, 0.25) is 0 Å². The van der Waals surface area contributed by atoms with Crippen LogP contribution < -0.4 is 5.73 Å². The molecule has 0 atom stereocenters. The molecule has 1 aromatic rings. The van der Waals surface area contributed by atoms with Gasteiger partial charge in [0.15, 0.2) is 5.71 Å². The Morgan fingerprint density at radius 3 is 2.33 bits per heavy atom. The van der Waals surface area contributed by atoms with Gasteiger partial charge in [-0.2, -0.15) is 0 Å². The molecule has 0 saturated carbocycles. The molecule has 5 nitrogen and oxygen atoms in total. The Labute approximate surface area is 86.5 Å². The van der Waals surface area contributed by atoms with Crippen molar-refractivity contribution in [2.75, 3.05) is 0 Å². The number of benzene rings is 1. The van der Waals surface area contributed by atoms with Crippen LogP contribution in [0.2, 0.25) is 0 Å². The average molecular weight is 206 g/mol. The first-order valence-corrected chi connectivity index (χ1v) is 4.22. The molecule has 0 aliphatic rings. The molecule has 0 fully saturated rings. The molecule has 1 aromatic carbocycles. The quantitative estimate of drug-likeness (QED) is 0.442. The molecular formula is C10H10N2O3. The van der Waals surface area contributed by atoms with Crippen molar-refractivity contribution < 1.29 is 14.4 Å². The molecular weight excluding hydrogens is 196 g/mol. The topological polar surface area (TPSA) is 81.8 Å². The zero-order chi connectivity index (χ0) is 11.3. The Morgan fingerprint density at radius 2 is 1.87 bits per heavy atom. The maximum absolute atomic E-state index is 11.0. The zero-order valence-corrected chi connectivity index (χ0v) is 8.14. The molecule has 0 aromatic heterocycles. The molecule has 0 aliphatic carbocycles. The molecule has 1 amide bonds. The predicted molar refractivity (Wildman–Crippen MR) is 53.9 cm³/mol. The average Bonchev–Trinajstić information content (AvgIpc) is 2.18. The summed E-state index contributed by atoms with van der Waals surface area (Å²) >= 11 is 0. The second-order valence-electron chi connectivity index (χ2n) is 2.75. The van der Waals surface area contributed by atoms with Crippen LogP contribution in [0.25, 0.3) is 0 Å². The number of rotatable bonds is 3. The van der Waals surface area contributed by atoms with E-state index in [-0.39, 0.29) is 5.71 Å². The number of hydrogen-bond donors (Lipinski definition) is 1. The molecule has 0 aliphatic heterocycles. The summed E-state index contributed by atoms with van der Waals surface area (Å²) in [5.41, 5.74) is 5.52. The smallest absolute Gasteiger partial charge is 0.332 e. The third kappa shape index (κ3) is 3.22. The number of carbonyl (C=O) groups excluding carboxylic acids is 2. The fourth-order valence-electron chi connectivity index (χ4n) is 0.946. The van der Waals surface area contributed by atoms with Gasteiger partial charge >= 0.3 is 5.97 Å². The lowest BCUT2D eigenvalue weighted by Crippen LogP contribution is -2.24. The molecule has 5 heteroatoms. The fraction of sp³-hybridized carbons (Fsp3) is 0.100. The number of nitrogens with zero attached hydrogens (tertiary/aromatic N) is 1. The van der Waals surface area contributed by atoms with E-state index in [0.717, 1.165) is 0 Å². The molecule has 2 N–H and O–H groups in total. The number of amides is 1. The van der Waals surface area contributed by atoms with Crippen LogP contribution in [0, 0.1) is 0 Å². The van der Waals surface area contributed by atoms with Gasteiger partial charge in [-0.1, -0.05) is 35.5 Å². The van der Waals surface area contributed by atoms with Gasteiger partial charge in [-0.3, -0.25) is 4.79 Å². The Kier molecular flexibility index (Phi) is 3.56. The van der Waals surface area contributed by atoms with Gasteiger partial charge in [0.1, 0.15) is 0 Å². The van der Waals surface area contributed by atoms with E-state index >= 15 is 0 Å². The number of oxime groups is 1. The molecule has 15 heavy (non-hydrogen) atoms. The van der Waals surface area contributed by atoms with Crippen molar-refractivity contribution in [3.8, 4) is 0 Å². The van der Waals surface area contributed by atoms with Gasteiger partial charge in [0, 0.05) is 12.5 Å². The van der Waals surface area contributed by atoms with E-state index in [1.54, 1.807) is 30.3 Å². The van der Waals surface area contributed by atoms with Crippen LogP contribution in [-0.2, 0) is 14.4 Å². The lowest BCUT2D eigenvalue weighted by molar-refractivity contribution is -0.140. The number of primary amides is 1. The van der Waals surface area contributed by atoms with Crippen molar-refractivity contribution in [2.45, 2.75) is 6.92 Å². The lowest BCUT2D eigenvalue weighted by Gasteiger charge is -2.00. The minimum absolute atomic E-state index is 0.0780. The van der Waals surface area contributed by atoms with E-state index in [2.05, 4.69) is 9.99 Å². The molecule has 0 heterocycles. The Morgan fingerprint density at radius 1 is 1.27 bits per heavy atom. The molecule has 0 bridgehead atoms. The van der Waals surface area contributed by atoms with E-state index in [1.165, 1.54) is 6.92 Å². The minimum Gasteiger partial charge on any atom is -0.364 e. The molecule has 0 unspecified atom stereocenters.